The van der Waals surface area contributed by atoms with Crippen LogP contribution in [-0.2, 0) is 0 Å². The van der Waals surface area contributed by atoms with Crippen molar-refractivity contribution in [2.75, 3.05) is 37.2 Å². The molecular formula is C25H29N7. The highest BCUT2D eigenvalue weighted by Gasteiger charge is 2.19. The molecule has 0 radical (unpaired) electrons. The molecular weight excluding hydrogens is 398 g/mol. The number of nitrogens with two attached hydrogens (primary N) is 1. The predicted octanol–water partition coefficient (Wildman–Crippen LogP) is 4.27. The highest BCUT2D eigenvalue weighted by molar-refractivity contribution is 5.99. The van der Waals surface area contributed by atoms with E-state index < -0.39 is 0 Å². The molecule has 164 valence electrons. The number of benzene rings is 2. The molecule has 0 saturated carbocycles. The maximum atomic E-state index is 6.60. The van der Waals surface area contributed by atoms with E-state index >= 15 is 0 Å². The summed E-state index contributed by atoms with van der Waals surface area (Å²) in [6, 6.07) is 18.2. The Morgan fingerprint density at radius 1 is 0.969 bits per heavy atom. The van der Waals surface area contributed by atoms with Crippen LogP contribution in [-0.4, -0.2) is 50.8 Å². The first-order valence-corrected chi connectivity index (χ1v) is 11.3. The number of likely N-dealkylation sites (tertiary alicyclic amines) is 1. The van der Waals surface area contributed by atoms with E-state index in [0.29, 0.717) is 17.4 Å². The molecule has 0 atom stereocenters. The first kappa shape index (κ1) is 20.5. The number of piperidine rings is 1. The van der Waals surface area contributed by atoms with Gasteiger partial charge in [0.1, 0.15) is 5.82 Å². The lowest BCUT2D eigenvalue weighted by Gasteiger charge is -2.26. The van der Waals surface area contributed by atoms with Crippen molar-refractivity contribution in [2.24, 2.45) is 0 Å². The molecule has 32 heavy (non-hydrogen) atoms. The van der Waals surface area contributed by atoms with Gasteiger partial charge in [-0.3, -0.25) is 0 Å². The topological polar surface area (TPSA) is 84.9 Å². The number of nitrogens with one attached hydrogen (secondary N) is 1. The number of fused-ring (bicyclic) bond motifs is 1. The average molecular weight is 428 g/mol. The lowest BCUT2D eigenvalue weighted by Crippen LogP contribution is -2.33. The van der Waals surface area contributed by atoms with Crippen molar-refractivity contribution >= 4 is 22.8 Å². The van der Waals surface area contributed by atoms with Crippen molar-refractivity contribution in [1.82, 2.24) is 24.6 Å². The molecule has 3 heterocycles. The molecule has 3 N–H and O–H groups in total. The molecule has 0 spiro atoms. The van der Waals surface area contributed by atoms with E-state index in [4.69, 9.17) is 20.8 Å². The minimum atomic E-state index is 0.546. The fraction of sp³-hybridized carbons (Fsp3) is 0.320. The Balaban J connectivity index is 1.53. The van der Waals surface area contributed by atoms with Gasteiger partial charge in [0.15, 0.2) is 5.65 Å². The van der Waals surface area contributed by atoms with Gasteiger partial charge >= 0.3 is 0 Å². The fourth-order valence-corrected chi connectivity index (χ4v) is 4.36. The number of hydrogen-bond acceptors (Lipinski definition) is 6. The van der Waals surface area contributed by atoms with Gasteiger partial charge in [-0.15, -0.1) is 5.10 Å². The standard InChI is InChI=1S/C25H29N7/c1-18-9-8-12-20(17-18)32-23(26)21-22(19-10-4-2-5-11-19)28-25(29-24(21)30-32)27-13-16-31-14-6-3-7-15-31/h2,4-5,8-12,17H,3,6-7,13-16,26H2,1H3,(H,27,29,30). The molecule has 2 aromatic carbocycles. The second-order valence-corrected chi connectivity index (χ2v) is 8.43. The molecule has 7 heteroatoms. The van der Waals surface area contributed by atoms with Crippen molar-refractivity contribution < 1.29 is 0 Å². The Morgan fingerprint density at radius 2 is 1.78 bits per heavy atom. The van der Waals surface area contributed by atoms with Gasteiger partial charge in [0.2, 0.25) is 5.95 Å². The maximum Gasteiger partial charge on any atom is 0.225 e. The van der Waals surface area contributed by atoms with E-state index in [2.05, 4.69) is 29.3 Å². The van der Waals surface area contributed by atoms with Crippen molar-refractivity contribution in [3.63, 3.8) is 0 Å². The molecule has 7 nitrogen and oxygen atoms in total. The van der Waals surface area contributed by atoms with Crippen molar-refractivity contribution in [2.45, 2.75) is 26.2 Å². The van der Waals surface area contributed by atoms with Crippen LogP contribution in [0.1, 0.15) is 24.8 Å². The van der Waals surface area contributed by atoms with Gasteiger partial charge in [-0.2, -0.15) is 4.98 Å². The number of nitrogens with zero attached hydrogens (tertiary/aromatic N) is 5. The van der Waals surface area contributed by atoms with Gasteiger partial charge in [0.05, 0.1) is 16.8 Å². The molecule has 0 bridgehead atoms. The number of anilines is 2. The third-order valence-corrected chi connectivity index (χ3v) is 6.02. The van der Waals surface area contributed by atoms with Gasteiger partial charge in [-0.1, -0.05) is 48.9 Å². The molecule has 4 aromatic rings. The van der Waals surface area contributed by atoms with Crippen LogP contribution in [0.5, 0.6) is 0 Å². The molecule has 1 aliphatic rings. The number of hydrogen-bond donors (Lipinski definition) is 2. The van der Waals surface area contributed by atoms with E-state index in [1.165, 1.54) is 32.4 Å². The lowest BCUT2D eigenvalue weighted by atomic mass is 10.1. The molecule has 2 aromatic heterocycles. The van der Waals surface area contributed by atoms with E-state index in [0.717, 1.165) is 41.0 Å². The van der Waals surface area contributed by atoms with Crippen molar-refractivity contribution in [3.05, 3.63) is 60.2 Å². The van der Waals surface area contributed by atoms with Gasteiger partial charge in [-0.05, 0) is 50.6 Å². The Bertz CT molecular complexity index is 1210. The van der Waals surface area contributed by atoms with E-state index in [1.807, 2.05) is 42.5 Å². The highest BCUT2D eigenvalue weighted by Crippen LogP contribution is 2.32. The van der Waals surface area contributed by atoms with Gasteiger partial charge in [0.25, 0.3) is 0 Å². The summed E-state index contributed by atoms with van der Waals surface area (Å²) in [4.78, 5) is 12.1. The molecule has 1 fully saturated rings. The summed E-state index contributed by atoms with van der Waals surface area (Å²) >= 11 is 0. The number of aromatic nitrogens is 4. The summed E-state index contributed by atoms with van der Waals surface area (Å²) in [6.45, 7) is 6.20. The predicted molar refractivity (Wildman–Crippen MR) is 130 cm³/mol. The van der Waals surface area contributed by atoms with Crippen LogP contribution in [0.15, 0.2) is 54.6 Å². The quantitative estimate of drug-likeness (QED) is 0.478. The molecule has 1 aliphatic heterocycles. The van der Waals surface area contributed by atoms with Crippen molar-refractivity contribution in [1.29, 1.82) is 0 Å². The third kappa shape index (κ3) is 4.16. The van der Waals surface area contributed by atoms with Gasteiger partial charge in [0, 0.05) is 18.7 Å². The SMILES string of the molecule is Cc1cccc(-n2nc3nc(NCCN4CCCCC4)nc(-c4ccccc4)c3c2N)c1. The zero-order valence-electron chi connectivity index (χ0n) is 18.5. The summed E-state index contributed by atoms with van der Waals surface area (Å²) in [5.41, 5.74) is 11.1. The van der Waals surface area contributed by atoms with E-state index in [1.54, 1.807) is 4.68 Å². The zero-order chi connectivity index (χ0) is 21.9. The molecule has 0 aliphatic carbocycles. The summed E-state index contributed by atoms with van der Waals surface area (Å²) in [7, 11) is 0. The second-order valence-electron chi connectivity index (χ2n) is 8.43. The Labute approximate surface area is 188 Å². The molecule has 0 amide bonds. The minimum absolute atomic E-state index is 0.546. The largest absolute Gasteiger partial charge is 0.383 e. The first-order chi connectivity index (χ1) is 15.7. The maximum absolute atomic E-state index is 6.60. The summed E-state index contributed by atoms with van der Waals surface area (Å²) < 4.78 is 1.76. The van der Waals surface area contributed by atoms with E-state index in [-0.39, 0.29) is 0 Å². The number of aryl methyl sites for hydroxylation is 1. The van der Waals surface area contributed by atoms with Crippen molar-refractivity contribution in [3.8, 4) is 16.9 Å². The molecule has 0 unspecified atom stereocenters. The van der Waals surface area contributed by atoms with Crippen LogP contribution in [0.2, 0.25) is 0 Å². The molecule has 5 rings (SSSR count). The number of nitrogen functional groups attached to an aromatic ring is 1. The minimum Gasteiger partial charge on any atom is -0.383 e. The first-order valence-electron chi connectivity index (χ1n) is 11.3. The average Bonchev–Trinajstić information content (AvgIpc) is 3.16. The fourth-order valence-electron chi connectivity index (χ4n) is 4.36. The van der Waals surface area contributed by atoms with Crippen LogP contribution in [0.4, 0.5) is 11.8 Å². The van der Waals surface area contributed by atoms with Crippen LogP contribution in [0, 0.1) is 6.92 Å². The van der Waals surface area contributed by atoms with Gasteiger partial charge in [-0.25, -0.2) is 9.67 Å². The Hall–Kier alpha value is -3.45. The number of rotatable bonds is 6. The van der Waals surface area contributed by atoms with Crippen LogP contribution in [0.3, 0.4) is 0 Å². The lowest BCUT2D eigenvalue weighted by molar-refractivity contribution is 0.237. The summed E-state index contributed by atoms with van der Waals surface area (Å²) in [5, 5.41) is 8.95. The van der Waals surface area contributed by atoms with Crippen LogP contribution >= 0.6 is 0 Å². The normalized spacial score (nSPS) is 14.7. The van der Waals surface area contributed by atoms with Gasteiger partial charge < -0.3 is 16.0 Å². The second kappa shape index (κ2) is 8.96. The zero-order valence-corrected chi connectivity index (χ0v) is 18.5. The third-order valence-electron chi connectivity index (χ3n) is 6.02. The van der Waals surface area contributed by atoms with Crippen LogP contribution in [0.25, 0.3) is 28.0 Å². The Morgan fingerprint density at radius 3 is 2.56 bits per heavy atom. The smallest absolute Gasteiger partial charge is 0.225 e. The Kier molecular flexibility index (Phi) is 5.73. The van der Waals surface area contributed by atoms with Crippen LogP contribution < -0.4 is 11.1 Å². The summed E-state index contributed by atoms with van der Waals surface area (Å²) in [6.07, 6.45) is 3.92. The monoisotopic (exact) mass is 427 g/mol. The van der Waals surface area contributed by atoms with E-state index in [9.17, 15) is 0 Å². The molecule has 1 saturated heterocycles. The highest BCUT2D eigenvalue weighted by atomic mass is 15.3. The summed E-state index contributed by atoms with van der Waals surface area (Å²) in [5.74, 6) is 1.13.